The van der Waals surface area contributed by atoms with Gasteiger partial charge in [-0.3, -0.25) is 4.79 Å². The monoisotopic (exact) mass is 659 g/mol. The van der Waals surface area contributed by atoms with E-state index in [0.717, 1.165) is 77.0 Å². The van der Waals surface area contributed by atoms with E-state index in [2.05, 4.69) is 104 Å². The molecule has 0 bridgehead atoms. The molecule has 276 valence electrons. The average Bonchev–Trinajstić information content (AvgIpc) is 2.94. The standard InChI is InChI=1S/C31H52O3.C8H18.C5H12/c1-21(2)16-17-23(4)15-12-14-22(3)13-10-11-19-31(9)20-18-28-26(7)29(33-27(8)32)24(5)25(6)30(28)34-31;1-7(2)6-8(3,4)5;1-4-5(2)3/h21-23H,10-20H2,1-9H3;7H,6H2,1-5H3;5H,4H2,1-3H3/t22?,23?,31-;;/m1../s1. The van der Waals surface area contributed by atoms with Gasteiger partial charge in [0, 0.05) is 12.5 Å². The lowest BCUT2D eigenvalue weighted by Crippen LogP contribution is -2.37. The van der Waals surface area contributed by atoms with E-state index in [9.17, 15) is 4.79 Å². The van der Waals surface area contributed by atoms with Crippen LogP contribution in [0.1, 0.15) is 196 Å². The lowest BCUT2D eigenvalue weighted by atomic mass is 9.84. The summed E-state index contributed by atoms with van der Waals surface area (Å²) in [5.74, 6) is 5.75. The van der Waals surface area contributed by atoms with Crippen molar-refractivity contribution in [2.45, 2.75) is 207 Å². The molecule has 1 aromatic rings. The predicted octanol–water partition coefficient (Wildman–Crippen LogP) is 14.2. The average molecular weight is 659 g/mol. The van der Waals surface area contributed by atoms with Crippen LogP contribution in [0.2, 0.25) is 0 Å². The molecule has 0 amide bonds. The summed E-state index contributed by atoms with van der Waals surface area (Å²) in [7, 11) is 0. The Morgan fingerprint density at radius 2 is 1.30 bits per heavy atom. The summed E-state index contributed by atoms with van der Waals surface area (Å²) in [6.07, 6.45) is 16.5. The molecule has 0 spiro atoms. The van der Waals surface area contributed by atoms with Crippen molar-refractivity contribution in [1.82, 2.24) is 0 Å². The first kappa shape index (κ1) is 45.5. The highest BCUT2D eigenvalue weighted by molar-refractivity contribution is 5.72. The fourth-order valence-electron chi connectivity index (χ4n) is 6.69. The summed E-state index contributed by atoms with van der Waals surface area (Å²) >= 11 is 0. The number of hydrogen-bond donors (Lipinski definition) is 0. The molecule has 1 aromatic carbocycles. The van der Waals surface area contributed by atoms with E-state index in [1.54, 1.807) is 0 Å². The number of fused-ring (bicyclic) bond motifs is 1. The van der Waals surface area contributed by atoms with Gasteiger partial charge in [0.05, 0.1) is 0 Å². The lowest BCUT2D eigenvalue weighted by Gasteiger charge is -2.38. The van der Waals surface area contributed by atoms with Gasteiger partial charge in [-0.05, 0) is 111 Å². The molecular weight excluding hydrogens is 576 g/mol. The molecule has 0 saturated carbocycles. The van der Waals surface area contributed by atoms with E-state index in [1.165, 1.54) is 76.7 Å². The second-order valence-corrected chi connectivity index (χ2v) is 18.0. The smallest absolute Gasteiger partial charge is 0.308 e. The molecule has 0 radical (unpaired) electrons. The molecule has 0 saturated heterocycles. The number of unbranched alkanes of at least 4 members (excludes halogenated alkanes) is 1. The molecule has 2 unspecified atom stereocenters. The Morgan fingerprint density at radius 1 is 0.766 bits per heavy atom. The maximum Gasteiger partial charge on any atom is 0.308 e. The quantitative estimate of drug-likeness (QED) is 0.107. The van der Waals surface area contributed by atoms with Gasteiger partial charge in [0.2, 0.25) is 0 Å². The Hall–Kier alpha value is -1.51. The first-order valence-corrected chi connectivity index (χ1v) is 19.6. The SMILES string of the molecule is CC(=O)Oc1c(C)c(C)c2c(c1C)CC[C@@](C)(CCCCC(C)CCCC(C)CCC(C)C)O2.CC(C)CC(C)(C)C.CCC(C)C. The zero-order chi connectivity index (χ0) is 36.5. The zero-order valence-corrected chi connectivity index (χ0v) is 34.8. The highest BCUT2D eigenvalue weighted by atomic mass is 16.5. The summed E-state index contributed by atoms with van der Waals surface area (Å²) in [5, 5.41) is 0. The third-order valence-corrected chi connectivity index (χ3v) is 9.93. The maximum absolute atomic E-state index is 11.6. The highest BCUT2D eigenvalue weighted by Gasteiger charge is 2.34. The molecule has 0 aliphatic carbocycles. The van der Waals surface area contributed by atoms with Crippen LogP contribution in [-0.2, 0) is 11.2 Å². The molecule has 3 nitrogen and oxygen atoms in total. The molecule has 1 aliphatic heterocycles. The van der Waals surface area contributed by atoms with Crippen molar-refractivity contribution >= 4 is 5.97 Å². The third kappa shape index (κ3) is 19.9. The normalized spacial score (nSPS) is 17.3. The van der Waals surface area contributed by atoms with Crippen LogP contribution in [0, 0.1) is 55.8 Å². The van der Waals surface area contributed by atoms with Crippen molar-refractivity contribution in [3.63, 3.8) is 0 Å². The van der Waals surface area contributed by atoms with E-state index in [4.69, 9.17) is 9.47 Å². The van der Waals surface area contributed by atoms with Crippen molar-refractivity contribution in [2.24, 2.45) is 35.0 Å². The fourth-order valence-corrected chi connectivity index (χ4v) is 6.69. The zero-order valence-electron chi connectivity index (χ0n) is 34.8. The van der Waals surface area contributed by atoms with Gasteiger partial charge in [-0.2, -0.15) is 0 Å². The van der Waals surface area contributed by atoms with Crippen molar-refractivity contribution in [3.05, 3.63) is 22.3 Å². The predicted molar refractivity (Wildman–Crippen MR) is 208 cm³/mol. The van der Waals surface area contributed by atoms with Crippen LogP contribution in [0.25, 0.3) is 0 Å². The van der Waals surface area contributed by atoms with Crippen LogP contribution in [-0.4, -0.2) is 11.6 Å². The van der Waals surface area contributed by atoms with Gasteiger partial charge in [0.15, 0.2) is 0 Å². The van der Waals surface area contributed by atoms with Gasteiger partial charge in [-0.15, -0.1) is 0 Å². The first-order chi connectivity index (χ1) is 21.6. The summed E-state index contributed by atoms with van der Waals surface area (Å²) < 4.78 is 12.2. The third-order valence-electron chi connectivity index (χ3n) is 9.93. The number of benzene rings is 1. The van der Waals surface area contributed by atoms with Gasteiger partial charge >= 0.3 is 5.97 Å². The first-order valence-electron chi connectivity index (χ1n) is 19.6. The molecule has 0 aromatic heterocycles. The fraction of sp³-hybridized carbons (Fsp3) is 0.841. The molecule has 47 heavy (non-hydrogen) atoms. The minimum absolute atomic E-state index is 0.103. The van der Waals surface area contributed by atoms with Gasteiger partial charge in [-0.1, -0.05) is 134 Å². The van der Waals surface area contributed by atoms with Crippen molar-refractivity contribution in [3.8, 4) is 11.5 Å². The molecular formula is C44H82O3. The van der Waals surface area contributed by atoms with Gasteiger partial charge < -0.3 is 9.47 Å². The molecule has 1 aliphatic rings. The minimum atomic E-state index is -0.262. The summed E-state index contributed by atoms with van der Waals surface area (Å²) in [6.45, 7) is 37.5. The largest absolute Gasteiger partial charge is 0.487 e. The topological polar surface area (TPSA) is 35.5 Å². The number of ether oxygens (including phenoxy) is 2. The molecule has 3 atom stereocenters. The van der Waals surface area contributed by atoms with E-state index in [-0.39, 0.29) is 11.6 Å². The Labute approximate surface area is 295 Å². The number of carbonyl (C=O) groups excluding carboxylic acids is 1. The second kappa shape index (κ2) is 22.3. The molecule has 2 rings (SSSR count). The van der Waals surface area contributed by atoms with Crippen molar-refractivity contribution < 1.29 is 14.3 Å². The summed E-state index contributed by atoms with van der Waals surface area (Å²) in [4.78, 5) is 11.6. The van der Waals surface area contributed by atoms with E-state index in [1.807, 2.05) is 6.92 Å². The van der Waals surface area contributed by atoms with Crippen LogP contribution in [0.4, 0.5) is 0 Å². The van der Waals surface area contributed by atoms with Crippen LogP contribution in [0.15, 0.2) is 0 Å². The van der Waals surface area contributed by atoms with Crippen LogP contribution >= 0.6 is 0 Å². The molecule has 1 heterocycles. The Bertz CT molecular complexity index is 1010. The highest BCUT2D eigenvalue weighted by Crippen LogP contribution is 2.45. The summed E-state index contributed by atoms with van der Waals surface area (Å²) in [5.41, 5.74) is 4.82. The second-order valence-electron chi connectivity index (χ2n) is 18.0. The van der Waals surface area contributed by atoms with Gasteiger partial charge in [0.1, 0.15) is 17.1 Å². The minimum Gasteiger partial charge on any atom is -0.487 e. The van der Waals surface area contributed by atoms with Crippen molar-refractivity contribution in [2.75, 3.05) is 0 Å². The van der Waals surface area contributed by atoms with Crippen molar-refractivity contribution in [1.29, 1.82) is 0 Å². The Kier molecular flexibility index (Phi) is 21.5. The Morgan fingerprint density at radius 3 is 1.74 bits per heavy atom. The number of hydrogen-bond acceptors (Lipinski definition) is 3. The molecule has 0 fully saturated rings. The molecule has 0 N–H and O–H groups in total. The number of carbonyl (C=O) groups is 1. The number of rotatable bonds is 15. The van der Waals surface area contributed by atoms with Crippen LogP contribution < -0.4 is 9.47 Å². The van der Waals surface area contributed by atoms with E-state index < -0.39 is 0 Å². The van der Waals surface area contributed by atoms with Crippen LogP contribution in [0.3, 0.4) is 0 Å². The van der Waals surface area contributed by atoms with E-state index >= 15 is 0 Å². The molecule has 3 heteroatoms. The van der Waals surface area contributed by atoms with E-state index in [0.29, 0.717) is 5.41 Å². The number of esters is 1. The van der Waals surface area contributed by atoms with Gasteiger partial charge in [-0.25, -0.2) is 0 Å². The maximum atomic E-state index is 11.6. The Balaban J connectivity index is 0.00000136. The van der Waals surface area contributed by atoms with Crippen LogP contribution in [0.5, 0.6) is 11.5 Å². The van der Waals surface area contributed by atoms with Gasteiger partial charge in [0.25, 0.3) is 0 Å². The lowest BCUT2D eigenvalue weighted by molar-refractivity contribution is -0.132. The summed E-state index contributed by atoms with van der Waals surface area (Å²) in [6, 6.07) is 0.